The molecule has 0 spiro atoms. The fourth-order valence-electron chi connectivity index (χ4n) is 9.47. The molecule has 12 rings (SSSR count). The number of benzene rings is 10. The van der Waals surface area contributed by atoms with Crippen molar-refractivity contribution in [1.29, 1.82) is 0 Å². The largest absolute Gasteiger partial charge is 0.454 e. The van der Waals surface area contributed by atoms with Gasteiger partial charge in [0.1, 0.15) is 5.58 Å². The van der Waals surface area contributed by atoms with Crippen LogP contribution in [0.25, 0.3) is 93.6 Å². The first kappa shape index (κ1) is 34.9. The number of hydrogen-bond acceptors (Lipinski definition) is 2. The maximum absolute atomic E-state index is 6.80. The first-order valence-electron chi connectivity index (χ1n) is 20.8. The number of nitrogens with zero attached hydrogens (tertiary/aromatic N) is 2. The van der Waals surface area contributed by atoms with E-state index in [0.29, 0.717) is 0 Å². The summed E-state index contributed by atoms with van der Waals surface area (Å²) >= 11 is 0. The number of hydrogen-bond donors (Lipinski definition) is 0. The lowest BCUT2D eigenvalue weighted by molar-refractivity contribution is 0.669. The van der Waals surface area contributed by atoms with Gasteiger partial charge >= 0.3 is 0 Å². The highest BCUT2D eigenvalue weighted by Crippen LogP contribution is 2.48. The Labute approximate surface area is 353 Å². The van der Waals surface area contributed by atoms with Gasteiger partial charge in [0.05, 0.1) is 22.4 Å². The lowest BCUT2D eigenvalue weighted by Gasteiger charge is -2.29. The molecule has 0 amide bonds. The minimum Gasteiger partial charge on any atom is -0.454 e. The molecule has 12 aromatic rings. The molecule has 0 atom stereocenters. The summed E-state index contributed by atoms with van der Waals surface area (Å²) in [5.74, 6) is 0. The lowest BCUT2D eigenvalue weighted by atomic mass is 9.90. The molecule has 0 saturated carbocycles. The van der Waals surface area contributed by atoms with Crippen molar-refractivity contribution in [2.45, 2.75) is 0 Å². The van der Waals surface area contributed by atoms with Gasteiger partial charge in [0.25, 0.3) is 0 Å². The van der Waals surface area contributed by atoms with Crippen molar-refractivity contribution < 1.29 is 4.42 Å². The van der Waals surface area contributed by atoms with Crippen molar-refractivity contribution in [2.75, 3.05) is 4.90 Å². The van der Waals surface area contributed by atoms with Crippen molar-refractivity contribution in [1.82, 2.24) is 4.57 Å². The fraction of sp³-hybridized carbons (Fsp3) is 0. The van der Waals surface area contributed by atoms with Gasteiger partial charge in [-0.1, -0.05) is 176 Å². The van der Waals surface area contributed by atoms with Crippen LogP contribution in [0.15, 0.2) is 235 Å². The van der Waals surface area contributed by atoms with E-state index >= 15 is 0 Å². The Morgan fingerprint density at radius 2 is 0.967 bits per heavy atom. The summed E-state index contributed by atoms with van der Waals surface area (Å²) in [7, 11) is 0. The third-order valence-corrected chi connectivity index (χ3v) is 12.2. The van der Waals surface area contributed by atoms with Crippen LogP contribution in [-0.4, -0.2) is 4.57 Å². The van der Waals surface area contributed by atoms with Crippen LogP contribution >= 0.6 is 0 Å². The zero-order valence-electron chi connectivity index (χ0n) is 33.2. The molecule has 0 fully saturated rings. The van der Waals surface area contributed by atoms with Crippen LogP contribution < -0.4 is 4.90 Å². The predicted molar refractivity (Wildman–Crippen MR) is 257 cm³/mol. The summed E-state index contributed by atoms with van der Waals surface area (Å²) in [6.07, 6.45) is 0. The first-order valence-corrected chi connectivity index (χ1v) is 20.8. The average molecular weight is 779 g/mol. The summed E-state index contributed by atoms with van der Waals surface area (Å²) in [4.78, 5) is 2.40. The molecule has 2 aromatic heterocycles. The van der Waals surface area contributed by atoms with Crippen LogP contribution in [0.5, 0.6) is 0 Å². The standard InChI is InChI=1S/C58H38N2O/c1-3-17-39(18-4-1)45-28-14-19-40-20-15-29-50(57(40)45)47-26-8-11-32-53(47)60(54-33-16-30-51-49-27-9-12-34-56(49)61-58(51)54)44-24-13-21-41(37-44)42-35-36-48-46-25-7-10-31-52(46)59(55(48)38-42)43-22-5-2-6-23-43/h1-38H. The molecule has 0 aliphatic rings. The number of anilines is 3. The molecule has 0 N–H and O–H groups in total. The topological polar surface area (TPSA) is 21.3 Å². The molecule has 0 bridgehead atoms. The Bertz CT molecular complexity index is 3590. The molecule has 0 radical (unpaired) electrons. The van der Waals surface area contributed by atoms with Crippen molar-refractivity contribution in [3.8, 4) is 39.1 Å². The van der Waals surface area contributed by atoms with Crippen LogP contribution in [-0.2, 0) is 0 Å². The van der Waals surface area contributed by atoms with Gasteiger partial charge in [-0.15, -0.1) is 0 Å². The van der Waals surface area contributed by atoms with Crippen molar-refractivity contribution in [2.24, 2.45) is 0 Å². The zero-order chi connectivity index (χ0) is 40.3. The first-order chi connectivity index (χ1) is 30.3. The Morgan fingerprint density at radius 3 is 1.84 bits per heavy atom. The zero-order valence-corrected chi connectivity index (χ0v) is 33.2. The second-order valence-corrected chi connectivity index (χ2v) is 15.7. The Balaban J connectivity index is 1.10. The smallest absolute Gasteiger partial charge is 0.159 e. The van der Waals surface area contributed by atoms with Gasteiger partial charge in [0.2, 0.25) is 0 Å². The number of aromatic nitrogens is 1. The molecular formula is C58H38N2O. The summed E-state index contributed by atoms with van der Waals surface area (Å²) < 4.78 is 9.19. The highest BCUT2D eigenvalue weighted by Gasteiger charge is 2.24. The van der Waals surface area contributed by atoms with E-state index in [0.717, 1.165) is 61.4 Å². The molecule has 2 heterocycles. The molecule has 3 heteroatoms. The van der Waals surface area contributed by atoms with E-state index in [-0.39, 0.29) is 0 Å². The molecule has 3 nitrogen and oxygen atoms in total. The van der Waals surface area contributed by atoms with E-state index < -0.39 is 0 Å². The van der Waals surface area contributed by atoms with Crippen LogP contribution in [0.4, 0.5) is 17.1 Å². The molecular weight excluding hydrogens is 741 g/mol. The van der Waals surface area contributed by atoms with Crippen LogP contribution in [0.2, 0.25) is 0 Å². The molecule has 61 heavy (non-hydrogen) atoms. The van der Waals surface area contributed by atoms with Gasteiger partial charge < -0.3 is 13.9 Å². The van der Waals surface area contributed by atoms with E-state index in [1.165, 1.54) is 49.3 Å². The molecule has 10 aromatic carbocycles. The maximum atomic E-state index is 6.80. The Morgan fingerprint density at radius 1 is 0.361 bits per heavy atom. The molecule has 0 unspecified atom stereocenters. The van der Waals surface area contributed by atoms with E-state index in [4.69, 9.17) is 4.42 Å². The van der Waals surface area contributed by atoms with Crippen molar-refractivity contribution in [3.63, 3.8) is 0 Å². The Kier molecular flexibility index (Phi) is 8.17. The monoisotopic (exact) mass is 778 g/mol. The SMILES string of the molecule is c1ccc(-c2cccc3cccc(-c4ccccc4N(c4cccc(-c5ccc6c7ccccc7n(-c7ccccc7)c6c5)c4)c4cccc5c4oc4ccccc45)c23)cc1. The van der Waals surface area contributed by atoms with Crippen LogP contribution in [0, 0.1) is 0 Å². The molecule has 0 aliphatic carbocycles. The summed E-state index contributed by atoms with van der Waals surface area (Å²) in [5.41, 5.74) is 15.3. The quantitative estimate of drug-likeness (QED) is 0.161. The predicted octanol–water partition coefficient (Wildman–Crippen LogP) is 16.3. The van der Waals surface area contributed by atoms with Gasteiger partial charge in [-0.05, 0) is 93.2 Å². The van der Waals surface area contributed by atoms with Gasteiger partial charge in [0, 0.05) is 38.5 Å². The third-order valence-electron chi connectivity index (χ3n) is 12.2. The van der Waals surface area contributed by atoms with Gasteiger partial charge in [-0.25, -0.2) is 0 Å². The van der Waals surface area contributed by atoms with E-state index in [9.17, 15) is 0 Å². The third kappa shape index (κ3) is 5.74. The average Bonchev–Trinajstić information content (AvgIpc) is 3.88. The highest BCUT2D eigenvalue weighted by molar-refractivity contribution is 6.13. The fourth-order valence-corrected chi connectivity index (χ4v) is 9.47. The second kappa shape index (κ2) is 14.3. The van der Waals surface area contributed by atoms with E-state index in [2.05, 4.69) is 234 Å². The maximum Gasteiger partial charge on any atom is 0.159 e. The number of fused-ring (bicyclic) bond motifs is 7. The number of rotatable bonds is 7. The van der Waals surface area contributed by atoms with Crippen LogP contribution in [0.3, 0.4) is 0 Å². The molecule has 0 aliphatic heterocycles. The Hall–Kier alpha value is -8.14. The highest BCUT2D eigenvalue weighted by atomic mass is 16.3. The minimum atomic E-state index is 0.848. The minimum absolute atomic E-state index is 0.848. The summed E-state index contributed by atoms with van der Waals surface area (Å²) in [6.45, 7) is 0. The van der Waals surface area contributed by atoms with Gasteiger partial charge in [-0.3, -0.25) is 0 Å². The van der Waals surface area contributed by atoms with Gasteiger partial charge in [0.15, 0.2) is 5.58 Å². The van der Waals surface area contributed by atoms with Crippen LogP contribution in [0.1, 0.15) is 0 Å². The van der Waals surface area contributed by atoms with Crippen molar-refractivity contribution >= 4 is 71.6 Å². The normalized spacial score (nSPS) is 11.6. The second-order valence-electron chi connectivity index (χ2n) is 15.7. The van der Waals surface area contributed by atoms with Gasteiger partial charge in [-0.2, -0.15) is 0 Å². The lowest BCUT2D eigenvalue weighted by Crippen LogP contribution is -2.11. The summed E-state index contributed by atoms with van der Waals surface area (Å²) in [6, 6.07) is 82.9. The summed E-state index contributed by atoms with van der Waals surface area (Å²) in [5, 5.41) is 7.09. The number of para-hydroxylation sites is 5. The number of furan rings is 1. The molecule has 286 valence electrons. The van der Waals surface area contributed by atoms with E-state index in [1.54, 1.807) is 0 Å². The van der Waals surface area contributed by atoms with Crippen molar-refractivity contribution in [3.05, 3.63) is 231 Å². The molecule has 0 saturated heterocycles. The van der Waals surface area contributed by atoms with E-state index in [1.807, 2.05) is 6.07 Å².